The van der Waals surface area contributed by atoms with E-state index < -0.39 is 73.7 Å². The normalized spacial score (nSPS) is 31.0. The average molecular weight is 398 g/mol. The molecular weight excluding hydrogens is 376 g/mol. The third-order valence-electron chi connectivity index (χ3n) is 3.66. The zero-order valence-corrected chi connectivity index (χ0v) is 14.4. The highest BCUT2D eigenvalue weighted by Gasteiger charge is 2.47. The third-order valence-corrected chi connectivity index (χ3v) is 4.05. The van der Waals surface area contributed by atoms with Crippen LogP contribution in [0.1, 0.15) is 6.42 Å². The minimum Gasteiger partial charge on any atom is -0.481 e. The lowest BCUT2D eigenvalue weighted by Crippen LogP contribution is -2.66. The summed E-state index contributed by atoms with van der Waals surface area (Å²) in [6.07, 6.45) is -9.13. The van der Waals surface area contributed by atoms with Crippen LogP contribution in [0.3, 0.4) is 0 Å². The molecule has 0 aromatic carbocycles. The van der Waals surface area contributed by atoms with Gasteiger partial charge in [-0.15, -0.1) is 0 Å². The Morgan fingerprint density at radius 2 is 1.85 bits per heavy atom. The van der Waals surface area contributed by atoms with E-state index in [9.17, 15) is 29.7 Å². The van der Waals surface area contributed by atoms with Gasteiger partial charge in [0.05, 0.1) is 19.1 Å². The number of carboxylic acid groups (broad SMARTS) is 2. The summed E-state index contributed by atoms with van der Waals surface area (Å²) in [5.74, 6) is -3.92. The minimum absolute atomic E-state index is 0.0421. The van der Waals surface area contributed by atoms with Gasteiger partial charge in [-0.25, -0.2) is 4.79 Å². The highest BCUT2D eigenvalue weighted by atomic mass is 32.1. The lowest BCUT2D eigenvalue weighted by Gasteiger charge is -2.43. The van der Waals surface area contributed by atoms with Gasteiger partial charge in [-0.05, 0) is 0 Å². The Morgan fingerprint density at radius 1 is 1.23 bits per heavy atom. The number of nitrogens with two attached hydrogens (primary N) is 1. The van der Waals surface area contributed by atoms with Crippen LogP contribution < -0.4 is 11.1 Å². The van der Waals surface area contributed by atoms with E-state index in [4.69, 9.17) is 25.4 Å². The predicted octanol–water partition coefficient (Wildman–Crippen LogP) is -3.89. The summed E-state index contributed by atoms with van der Waals surface area (Å²) in [5.41, 5.74) is 5.50. The van der Waals surface area contributed by atoms with Crippen molar-refractivity contribution in [3.63, 3.8) is 0 Å². The molecule has 1 fully saturated rings. The van der Waals surface area contributed by atoms with E-state index >= 15 is 0 Å². The van der Waals surface area contributed by atoms with Crippen molar-refractivity contribution in [2.45, 2.75) is 49.2 Å². The number of hydrogen-bond donors (Lipinski definition) is 8. The van der Waals surface area contributed by atoms with Gasteiger partial charge in [0.2, 0.25) is 5.91 Å². The number of carboxylic acids is 2. The van der Waals surface area contributed by atoms with Gasteiger partial charge in [0.25, 0.3) is 0 Å². The molecule has 1 amide bonds. The summed E-state index contributed by atoms with van der Waals surface area (Å²) < 4.78 is 10.3. The number of aliphatic carboxylic acids is 2. The fourth-order valence-electron chi connectivity index (χ4n) is 2.22. The molecule has 1 rings (SSSR count). The highest BCUT2D eigenvalue weighted by Crippen LogP contribution is 2.24. The molecule has 0 aliphatic carbocycles. The summed E-state index contributed by atoms with van der Waals surface area (Å²) >= 11 is 3.85. The molecule has 26 heavy (non-hydrogen) atoms. The zero-order chi connectivity index (χ0) is 20.0. The summed E-state index contributed by atoms with van der Waals surface area (Å²) in [6.45, 7) is -0.744. The number of nitrogens with one attached hydrogen (secondary N) is 1. The molecule has 0 saturated carbocycles. The van der Waals surface area contributed by atoms with E-state index in [-0.39, 0.29) is 5.75 Å². The smallest absolute Gasteiger partial charge is 0.333 e. The molecule has 0 spiro atoms. The third kappa shape index (κ3) is 5.77. The van der Waals surface area contributed by atoms with Gasteiger partial charge < -0.3 is 46.1 Å². The van der Waals surface area contributed by atoms with Crippen LogP contribution in [0.5, 0.6) is 0 Å². The number of aliphatic hydroxyl groups is 3. The molecule has 7 atom stereocenters. The van der Waals surface area contributed by atoms with E-state index in [1.165, 1.54) is 0 Å². The zero-order valence-electron chi connectivity index (χ0n) is 13.5. The van der Waals surface area contributed by atoms with Crippen molar-refractivity contribution in [3.05, 3.63) is 0 Å². The SMILES string of the molecule is N[C@@H](CS)C(=O)N[C@H]1[C@@H](O[C@@H](CC(=O)O)C(=O)O)O[C@H](CO)[C@@H](O)[C@@H]1O. The summed E-state index contributed by atoms with van der Waals surface area (Å²) in [7, 11) is 0. The Labute approximate surface area is 153 Å². The number of carbonyl (C=O) groups excluding carboxylic acids is 1. The largest absolute Gasteiger partial charge is 0.481 e. The van der Waals surface area contributed by atoms with Crippen molar-refractivity contribution in [1.29, 1.82) is 0 Å². The molecule has 0 unspecified atom stereocenters. The molecule has 0 bridgehead atoms. The van der Waals surface area contributed by atoms with Crippen LogP contribution in [0.25, 0.3) is 0 Å². The molecule has 13 heteroatoms. The number of hydrogen-bond acceptors (Lipinski definition) is 10. The average Bonchev–Trinajstić information content (AvgIpc) is 2.58. The molecule has 8 N–H and O–H groups in total. The summed E-state index contributed by atoms with van der Waals surface area (Å²) in [5, 5.41) is 49.4. The maximum atomic E-state index is 11.9. The fourth-order valence-corrected chi connectivity index (χ4v) is 2.39. The Hall–Kier alpha value is -1.48. The second-order valence-corrected chi connectivity index (χ2v) is 5.96. The first kappa shape index (κ1) is 22.6. The lowest BCUT2D eigenvalue weighted by atomic mass is 9.96. The fraction of sp³-hybridized carbons (Fsp3) is 0.769. The number of thiol groups is 1. The molecule has 1 aliphatic rings. The van der Waals surface area contributed by atoms with Crippen LogP contribution in [-0.2, 0) is 23.9 Å². The lowest BCUT2D eigenvalue weighted by molar-refractivity contribution is -0.281. The first-order valence-corrected chi connectivity index (χ1v) is 8.14. The van der Waals surface area contributed by atoms with Crippen molar-refractivity contribution >= 4 is 30.5 Å². The second kappa shape index (κ2) is 10.0. The van der Waals surface area contributed by atoms with Crippen molar-refractivity contribution in [2.24, 2.45) is 5.73 Å². The van der Waals surface area contributed by atoms with E-state index in [1.807, 2.05) is 0 Å². The minimum atomic E-state index is -1.86. The van der Waals surface area contributed by atoms with Crippen molar-refractivity contribution in [2.75, 3.05) is 12.4 Å². The molecule has 0 aromatic rings. The van der Waals surface area contributed by atoms with Gasteiger partial charge in [-0.2, -0.15) is 12.6 Å². The molecule has 1 saturated heterocycles. The van der Waals surface area contributed by atoms with Crippen LogP contribution in [-0.4, -0.2) is 98.5 Å². The van der Waals surface area contributed by atoms with Gasteiger partial charge in [-0.3, -0.25) is 9.59 Å². The van der Waals surface area contributed by atoms with Gasteiger partial charge >= 0.3 is 11.9 Å². The van der Waals surface area contributed by atoms with Gasteiger partial charge in [-0.1, -0.05) is 0 Å². The van der Waals surface area contributed by atoms with Crippen molar-refractivity contribution < 1.29 is 49.4 Å². The molecule has 150 valence electrons. The van der Waals surface area contributed by atoms with Crippen LogP contribution >= 0.6 is 12.6 Å². The number of rotatable bonds is 9. The second-order valence-electron chi connectivity index (χ2n) is 5.59. The maximum absolute atomic E-state index is 11.9. The standard InChI is InChI=1S/C13H22N2O10S/c14-4(3-26)11(21)15-8-10(20)9(19)6(2-16)25-13(8)24-5(12(22)23)1-7(17)18/h4-6,8-10,13,16,19-20,26H,1-3,14H2,(H,15,21)(H,17,18)(H,22,23)/t4-,5-,6+,8+,9+,10+,13-/m0/s1. The quantitative estimate of drug-likeness (QED) is 0.176. The van der Waals surface area contributed by atoms with Gasteiger partial charge in [0.15, 0.2) is 12.4 Å². The molecule has 0 aromatic heterocycles. The first-order chi connectivity index (χ1) is 12.1. The Bertz CT molecular complexity index is 521. The van der Waals surface area contributed by atoms with Crippen LogP contribution in [0.15, 0.2) is 0 Å². The molecule has 0 radical (unpaired) electrons. The van der Waals surface area contributed by atoms with Crippen LogP contribution in [0, 0.1) is 0 Å². The van der Waals surface area contributed by atoms with Gasteiger partial charge in [0.1, 0.15) is 24.4 Å². The Morgan fingerprint density at radius 3 is 2.31 bits per heavy atom. The molecular formula is C13H22N2O10S. The van der Waals surface area contributed by atoms with Crippen molar-refractivity contribution in [3.8, 4) is 0 Å². The number of ether oxygens (including phenoxy) is 2. The molecule has 1 aliphatic heterocycles. The maximum Gasteiger partial charge on any atom is 0.333 e. The molecule has 12 nitrogen and oxygen atoms in total. The molecule has 1 heterocycles. The van der Waals surface area contributed by atoms with E-state index in [2.05, 4.69) is 17.9 Å². The summed E-state index contributed by atoms with van der Waals surface area (Å²) in [6, 6.07) is -2.55. The van der Waals surface area contributed by atoms with Crippen LogP contribution in [0.2, 0.25) is 0 Å². The van der Waals surface area contributed by atoms with E-state index in [1.54, 1.807) is 0 Å². The Kier molecular flexibility index (Phi) is 8.69. The number of carbonyl (C=O) groups is 3. The van der Waals surface area contributed by atoms with E-state index in [0.29, 0.717) is 0 Å². The summed E-state index contributed by atoms with van der Waals surface area (Å²) in [4.78, 5) is 33.9. The van der Waals surface area contributed by atoms with Crippen molar-refractivity contribution in [1.82, 2.24) is 5.32 Å². The predicted molar refractivity (Wildman–Crippen MR) is 86.3 cm³/mol. The highest BCUT2D eigenvalue weighted by molar-refractivity contribution is 7.80. The first-order valence-electron chi connectivity index (χ1n) is 7.51. The number of aliphatic hydroxyl groups excluding tert-OH is 3. The Balaban J connectivity index is 3.03. The topological polar surface area (TPSA) is 209 Å². The van der Waals surface area contributed by atoms with Crippen LogP contribution in [0.4, 0.5) is 0 Å². The van der Waals surface area contributed by atoms with E-state index in [0.717, 1.165) is 0 Å². The number of amides is 1. The monoisotopic (exact) mass is 398 g/mol. The van der Waals surface area contributed by atoms with Gasteiger partial charge in [0, 0.05) is 5.75 Å².